The number of rotatable bonds is 7. The molecule has 0 saturated heterocycles. The van der Waals surface area contributed by atoms with Crippen LogP contribution in [0.25, 0.3) is 0 Å². The molecule has 0 heterocycles. The average molecular weight is 239 g/mol. The van der Waals surface area contributed by atoms with Crippen LogP contribution in [-0.2, 0) is 8.85 Å². The van der Waals surface area contributed by atoms with Crippen molar-refractivity contribution in [2.24, 2.45) is 0 Å². The first kappa shape index (κ1) is 13.2. The Kier molecular flexibility index (Phi) is 5.52. The molecule has 1 N–H and O–H groups in total. The molecule has 16 heavy (non-hydrogen) atoms. The van der Waals surface area contributed by atoms with Crippen LogP contribution in [0, 0.1) is 0 Å². The second kappa shape index (κ2) is 6.68. The third-order valence-electron chi connectivity index (χ3n) is 2.77. The van der Waals surface area contributed by atoms with Crippen molar-refractivity contribution in [3.05, 3.63) is 30.3 Å². The van der Waals surface area contributed by atoms with Crippen molar-refractivity contribution in [3.63, 3.8) is 0 Å². The molecule has 1 aromatic carbocycles. The molecule has 1 rings (SSSR count). The van der Waals surface area contributed by atoms with Gasteiger partial charge in [0.05, 0.1) is 0 Å². The van der Waals surface area contributed by atoms with Gasteiger partial charge in [0.25, 0.3) is 0 Å². The summed E-state index contributed by atoms with van der Waals surface area (Å²) >= 11 is 0. The molecular weight excluding hydrogens is 218 g/mol. The van der Waals surface area contributed by atoms with Gasteiger partial charge in [-0.25, -0.2) is 0 Å². The van der Waals surface area contributed by atoms with Gasteiger partial charge >= 0.3 is 8.56 Å². The van der Waals surface area contributed by atoms with Crippen molar-refractivity contribution in [2.45, 2.75) is 19.0 Å². The van der Waals surface area contributed by atoms with E-state index in [1.165, 1.54) is 5.69 Å². The highest BCUT2D eigenvalue weighted by atomic mass is 28.4. The number of hydrogen-bond acceptors (Lipinski definition) is 3. The molecule has 1 aromatic rings. The van der Waals surface area contributed by atoms with Crippen LogP contribution in [0.4, 0.5) is 5.69 Å². The van der Waals surface area contributed by atoms with Crippen molar-refractivity contribution in [1.82, 2.24) is 0 Å². The van der Waals surface area contributed by atoms with Crippen LogP contribution in [-0.4, -0.2) is 29.3 Å². The van der Waals surface area contributed by atoms with E-state index in [0.717, 1.165) is 19.0 Å². The first-order valence-electron chi connectivity index (χ1n) is 5.59. The largest absolute Gasteiger partial charge is 0.398 e. The normalized spacial score (nSPS) is 11.4. The van der Waals surface area contributed by atoms with Gasteiger partial charge in [-0.3, -0.25) is 0 Å². The Morgan fingerprint density at radius 2 is 1.75 bits per heavy atom. The highest BCUT2D eigenvalue weighted by molar-refractivity contribution is 6.65. The zero-order valence-electron chi connectivity index (χ0n) is 10.3. The SMILES string of the molecule is CO[Si](C)(CCCNc1ccccc1)OC. The summed E-state index contributed by atoms with van der Waals surface area (Å²) in [5.41, 5.74) is 1.17. The molecule has 0 fully saturated rings. The van der Waals surface area contributed by atoms with Gasteiger partial charge in [-0.15, -0.1) is 0 Å². The van der Waals surface area contributed by atoms with E-state index in [-0.39, 0.29) is 0 Å². The maximum absolute atomic E-state index is 5.43. The zero-order valence-corrected chi connectivity index (χ0v) is 11.3. The van der Waals surface area contributed by atoms with Crippen molar-refractivity contribution in [1.29, 1.82) is 0 Å². The van der Waals surface area contributed by atoms with E-state index in [9.17, 15) is 0 Å². The predicted octanol–water partition coefficient (Wildman–Crippen LogP) is 2.85. The number of anilines is 1. The van der Waals surface area contributed by atoms with E-state index in [1.807, 2.05) is 18.2 Å². The highest BCUT2D eigenvalue weighted by Crippen LogP contribution is 2.14. The first-order valence-corrected chi connectivity index (χ1v) is 8.12. The number of para-hydroxylation sites is 1. The number of nitrogens with one attached hydrogen (secondary N) is 1. The van der Waals surface area contributed by atoms with Crippen molar-refractivity contribution in [3.8, 4) is 0 Å². The number of hydrogen-bond donors (Lipinski definition) is 1. The third-order valence-corrected chi connectivity index (χ3v) is 5.76. The Hall–Kier alpha value is -0.843. The van der Waals surface area contributed by atoms with Gasteiger partial charge in [0.15, 0.2) is 0 Å². The Bertz CT molecular complexity index is 288. The van der Waals surface area contributed by atoms with Gasteiger partial charge < -0.3 is 14.2 Å². The Morgan fingerprint density at radius 1 is 1.12 bits per heavy atom. The van der Waals surface area contributed by atoms with E-state index in [0.29, 0.717) is 0 Å². The molecule has 0 radical (unpaired) electrons. The maximum Gasteiger partial charge on any atom is 0.334 e. The molecule has 0 atom stereocenters. The smallest absolute Gasteiger partial charge is 0.334 e. The molecule has 0 aliphatic heterocycles. The van der Waals surface area contributed by atoms with E-state index in [2.05, 4.69) is 24.0 Å². The van der Waals surface area contributed by atoms with Crippen molar-refractivity contribution >= 4 is 14.2 Å². The Morgan fingerprint density at radius 3 is 2.31 bits per heavy atom. The summed E-state index contributed by atoms with van der Waals surface area (Å²) in [6, 6.07) is 11.2. The summed E-state index contributed by atoms with van der Waals surface area (Å²) < 4.78 is 10.9. The standard InChI is InChI=1S/C12H21NO2Si/c1-14-16(3,15-2)11-7-10-13-12-8-5-4-6-9-12/h4-6,8-9,13H,7,10-11H2,1-3H3. The molecule has 0 amide bonds. The highest BCUT2D eigenvalue weighted by Gasteiger charge is 2.27. The molecule has 0 unspecified atom stereocenters. The molecule has 0 saturated carbocycles. The monoisotopic (exact) mass is 239 g/mol. The van der Waals surface area contributed by atoms with E-state index in [1.54, 1.807) is 14.2 Å². The second-order valence-corrected chi connectivity index (χ2v) is 7.52. The molecule has 90 valence electrons. The summed E-state index contributed by atoms with van der Waals surface area (Å²) in [5, 5.41) is 3.38. The lowest BCUT2D eigenvalue weighted by molar-refractivity contribution is 0.249. The molecule has 0 aromatic heterocycles. The lowest BCUT2D eigenvalue weighted by Crippen LogP contribution is -2.36. The van der Waals surface area contributed by atoms with Crippen LogP contribution in [0.15, 0.2) is 30.3 Å². The van der Waals surface area contributed by atoms with Gasteiger partial charge in [0, 0.05) is 26.5 Å². The third kappa shape index (κ3) is 4.34. The van der Waals surface area contributed by atoms with Crippen LogP contribution in [0.3, 0.4) is 0 Å². The number of benzene rings is 1. The molecule has 0 aliphatic carbocycles. The van der Waals surface area contributed by atoms with Crippen LogP contribution in [0.2, 0.25) is 12.6 Å². The molecule has 3 nitrogen and oxygen atoms in total. The van der Waals surface area contributed by atoms with Crippen LogP contribution in [0.5, 0.6) is 0 Å². The Labute approximate surface area is 99.0 Å². The molecule has 0 bridgehead atoms. The minimum absolute atomic E-state index is 0.958. The summed E-state index contributed by atoms with van der Waals surface area (Å²) in [6.45, 7) is 3.05. The minimum Gasteiger partial charge on any atom is -0.398 e. The molecule has 4 heteroatoms. The van der Waals surface area contributed by atoms with Crippen LogP contribution in [0.1, 0.15) is 6.42 Å². The predicted molar refractivity (Wildman–Crippen MR) is 70.0 cm³/mol. The average Bonchev–Trinajstić information content (AvgIpc) is 2.36. The minimum atomic E-state index is -1.88. The lowest BCUT2D eigenvalue weighted by atomic mass is 10.3. The van der Waals surface area contributed by atoms with Gasteiger partial charge in [-0.1, -0.05) is 18.2 Å². The van der Waals surface area contributed by atoms with E-state index < -0.39 is 8.56 Å². The first-order chi connectivity index (χ1) is 7.70. The summed E-state index contributed by atoms with van der Waals surface area (Å²) in [7, 11) is 1.60. The molecule has 0 spiro atoms. The topological polar surface area (TPSA) is 30.5 Å². The van der Waals surface area contributed by atoms with Gasteiger partial charge in [0.2, 0.25) is 0 Å². The maximum atomic E-state index is 5.43. The quantitative estimate of drug-likeness (QED) is 0.586. The van der Waals surface area contributed by atoms with Gasteiger partial charge in [0.1, 0.15) is 0 Å². The molecule has 0 aliphatic rings. The van der Waals surface area contributed by atoms with Crippen LogP contribution < -0.4 is 5.32 Å². The van der Waals surface area contributed by atoms with Crippen molar-refractivity contribution in [2.75, 3.05) is 26.1 Å². The second-order valence-electron chi connectivity index (χ2n) is 3.94. The zero-order chi connectivity index (χ0) is 11.9. The fraction of sp³-hybridized carbons (Fsp3) is 0.500. The molecular formula is C12H21NO2Si. The lowest BCUT2D eigenvalue weighted by Gasteiger charge is -2.22. The van der Waals surface area contributed by atoms with Crippen LogP contribution >= 0.6 is 0 Å². The van der Waals surface area contributed by atoms with E-state index in [4.69, 9.17) is 8.85 Å². The Balaban J connectivity index is 2.22. The fourth-order valence-electron chi connectivity index (χ4n) is 1.49. The van der Waals surface area contributed by atoms with Gasteiger partial charge in [-0.05, 0) is 31.1 Å². The summed E-state index contributed by atoms with van der Waals surface area (Å²) in [6.07, 6.45) is 1.07. The summed E-state index contributed by atoms with van der Waals surface area (Å²) in [4.78, 5) is 0. The fourth-order valence-corrected chi connectivity index (χ4v) is 2.88. The van der Waals surface area contributed by atoms with Crippen molar-refractivity contribution < 1.29 is 8.85 Å². The van der Waals surface area contributed by atoms with Gasteiger partial charge in [-0.2, -0.15) is 0 Å². The van der Waals surface area contributed by atoms with E-state index >= 15 is 0 Å². The summed E-state index contributed by atoms with van der Waals surface area (Å²) in [5.74, 6) is 0.